The van der Waals surface area contributed by atoms with Crippen LogP contribution in [-0.4, -0.2) is 71.1 Å². The molecule has 2 bridgehead atoms. The molecule has 2 N–H and O–H groups in total. The summed E-state index contributed by atoms with van der Waals surface area (Å²) < 4.78 is 35.8. The van der Waals surface area contributed by atoms with E-state index in [2.05, 4.69) is 29.9 Å². The summed E-state index contributed by atoms with van der Waals surface area (Å²) in [6.45, 7) is -1.35. The van der Waals surface area contributed by atoms with E-state index in [0.29, 0.717) is 30.2 Å². The Bertz CT molecular complexity index is 1110. The Morgan fingerprint density at radius 3 is 2.88 bits per heavy atom. The minimum atomic E-state index is -3.02. The van der Waals surface area contributed by atoms with Gasteiger partial charge in [0.25, 0.3) is 5.91 Å². The number of aromatic amines is 1. The lowest BCUT2D eigenvalue weighted by molar-refractivity contribution is -0.132. The highest BCUT2D eigenvalue weighted by Gasteiger charge is 2.18. The van der Waals surface area contributed by atoms with Gasteiger partial charge in [0.05, 0.1) is 5.39 Å². The molecule has 0 radical (unpaired) electrons. The molecule has 1 amide bonds. The first-order valence-corrected chi connectivity index (χ1v) is 10.1. The van der Waals surface area contributed by atoms with Gasteiger partial charge in [-0.05, 0) is 37.7 Å². The van der Waals surface area contributed by atoms with Crippen LogP contribution in [0.15, 0.2) is 30.7 Å². The van der Waals surface area contributed by atoms with Crippen molar-refractivity contribution in [1.82, 2.24) is 24.8 Å². The van der Waals surface area contributed by atoms with Crippen LogP contribution in [0.3, 0.4) is 0 Å². The minimum Gasteiger partial charge on any atom is -0.480 e. The van der Waals surface area contributed by atoms with Gasteiger partial charge in [-0.1, -0.05) is 0 Å². The number of nitrogens with one attached hydrogen (secondary N) is 2. The van der Waals surface area contributed by atoms with Crippen molar-refractivity contribution in [3.05, 3.63) is 36.3 Å². The fourth-order valence-corrected chi connectivity index (χ4v) is 3.60. The van der Waals surface area contributed by atoms with Crippen molar-refractivity contribution in [3.8, 4) is 11.5 Å². The Balaban J connectivity index is 1.74. The van der Waals surface area contributed by atoms with Crippen LogP contribution in [0.2, 0.25) is 0 Å². The molecule has 9 nitrogen and oxygen atoms in total. The summed E-state index contributed by atoms with van der Waals surface area (Å²) in [5.41, 5.74) is 2.23. The number of rotatable bonds is 2. The molecule has 32 heavy (non-hydrogen) atoms. The number of aromatic nitrogens is 3. The van der Waals surface area contributed by atoms with Gasteiger partial charge in [0, 0.05) is 38.1 Å². The van der Waals surface area contributed by atoms with Crippen LogP contribution in [0, 0.1) is 0 Å². The molecule has 0 atom stereocenters. The lowest BCUT2D eigenvalue weighted by atomic mass is 10.2. The number of H-pyrrole nitrogens is 1. The van der Waals surface area contributed by atoms with Gasteiger partial charge >= 0.3 is 6.61 Å². The number of benzene rings is 1. The Labute approximate surface area is 183 Å². The van der Waals surface area contributed by atoms with Gasteiger partial charge in [0.2, 0.25) is 0 Å². The van der Waals surface area contributed by atoms with Crippen molar-refractivity contribution < 1.29 is 23.0 Å². The summed E-state index contributed by atoms with van der Waals surface area (Å²) in [6, 6.07) is 4.45. The lowest BCUT2D eigenvalue weighted by Crippen LogP contribution is -2.33. The van der Waals surface area contributed by atoms with Crippen molar-refractivity contribution in [2.45, 2.75) is 19.6 Å². The van der Waals surface area contributed by atoms with E-state index in [1.54, 1.807) is 18.0 Å². The number of ether oxygens (including phenoxy) is 2. The van der Waals surface area contributed by atoms with Gasteiger partial charge in [-0.15, -0.1) is 0 Å². The Morgan fingerprint density at radius 2 is 2.06 bits per heavy atom. The topological polar surface area (TPSA) is 95.6 Å². The van der Waals surface area contributed by atoms with E-state index in [-0.39, 0.29) is 24.0 Å². The van der Waals surface area contributed by atoms with Gasteiger partial charge in [-0.25, -0.2) is 9.97 Å². The summed E-state index contributed by atoms with van der Waals surface area (Å²) in [5.74, 6) is 0.185. The average molecular weight is 446 g/mol. The predicted octanol–water partition coefficient (Wildman–Crippen LogP) is 2.98. The molecule has 1 aliphatic rings. The molecule has 170 valence electrons. The van der Waals surface area contributed by atoms with Gasteiger partial charge in [0.1, 0.15) is 17.8 Å². The molecule has 0 unspecified atom stereocenters. The number of halogens is 2. The highest BCUT2D eigenvalue weighted by molar-refractivity contribution is 5.92. The SMILES string of the molecule is CN1CCCN(C)C(=O)COc2cc(ccc2OC(F)F)Nc2ncnc3[nH]cc(c23)C1. The second kappa shape index (κ2) is 9.35. The third kappa shape index (κ3) is 4.88. The number of carbonyl (C=O) groups excluding carboxylic acids is 1. The maximum absolute atomic E-state index is 12.8. The number of anilines is 2. The maximum Gasteiger partial charge on any atom is 0.387 e. The molecule has 2 aromatic heterocycles. The molecule has 3 heterocycles. The molecule has 11 heteroatoms. The zero-order chi connectivity index (χ0) is 22.7. The summed E-state index contributed by atoms with van der Waals surface area (Å²) in [7, 11) is 3.70. The van der Waals surface area contributed by atoms with E-state index in [1.807, 2.05) is 13.2 Å². The smallest absolute Gasteiger partial charge is 0.387 e. The number of carbonyl (C=O) groups is 1. The number of fused-ring (bicyclic) bond motifs is 2. The highest BCUT2D eigenvalue weighted by atomic mass is 19.3. The van der Waals surface area contributed by atoms with Crippen LogP contribution >= 0.6 is 0 Å². The molecule has 4 rings (SSSR count). The van der Waals surface area contributed by atoms with E-state index < -0.39 is 6.61 Å². The molecule has 1 aromatic carbocycles. The van der Waals surface area contributed by atoms with E-state index >= 15 is 0 Å². The number of nitrogens with zero attached hydrogens (tertiary/aromatic N) is 4. The van der Waals surface area contributed by atoms with Crippen LogP contribution in [0.25, 0.3) is 11.0 Å². The fourth-order valence-electron chi connectivity index (χ4n) is 3.60. The van der Waals surface area contributed by atoms with Crippen LogP contribution < -0.4 is 14.8 Å². The predicted molar refractivity (Wildman–Crippen MR) is 114 cm³/mol. The molecule has 0 fully saturated rings. The highest BCUT2D eigenvalue weighted by Crippen LogP contribution is 2.34. The fraction of sp³-hybridized carbons (Fsp3) is 0.381. The number of amides is 1. The summed E-state index contributed by atoms with van der Waals surface area (Å²) in [4.78, 5) is 28.0. The quantitative estimate of drug-likeness (QED) is 0.625. The Hall–Kier alpha value is -3.47. The molecular weight excluding hydrogens is 422 g/mol. The largest absolute Gasteiger partial charge is 0.480 e. The van der Waals surface area contributed by atoms with E-state index in [9.17, 15) is 13.6 Å². The second-order valence-corrected chi connectivity index (χ2v) is 7.62. The van der Waals surface area contributed by atoms with Gasteiger partial charge in [-0.3, -0.25) is 4.79 Å². The standard InChI is InChI=1S/C21H24F2N6O3/c1-28-6-3-7-29(2)17(30)11-31-16-8-14(4-5-15(16)32-21(22)23)27-20-18-13(10-28)9-24-19(18)25-12-26-20/h4-5,8-9,12,21H,3,6-7,10-11H2,1-2H3,(H2,24,25,26,27). The monoisotopic (exact) mass is 446 g/mol. The van der Waals surface area contributed by atoms with Crippen molar-refractivity contribution in [1.29, 1.82) is 0 Å². The first-order valence-electron chi connectivity index (χ1n) is 10.1. The molecule has 0 saturated heterocycles. The zero-order valence-electron chi connectivity index (χ0n) is 17.8. The molecular formula is C21H24F2N6O3. The number of hydrogen-bond acceptors (Lipinski definition) is 7. The summed E-state index contributed by atoms with van der Waals surface area (Å²) in [6.07, 6.45) is 4.10. The second-order valence-electron chi connectivity index (χ2n) is 7.62. The van der Waals surface area contributed by atoms with Crippen molar-refractivity contribution in [2.75, 3.05) is 39.1 Å². The molecule has 0 spiro atoms. The van der Waals surface area contributed by atoms with Gasteiger partial charge < -0.3 is 29.6 Å². The van der Waals surface area contributed by atoms with Crippen LogP contribution in [0.4, 0.5) is 20.3 Å². The third-order valence-electron chi connectivity index (χ3n) is 5.22. The molecule has 0 aliphatic carbocycles. The van der Waals surface area contributed by atoms with Crippen LogP contribution in [0.5, 0.6) is 11.5 Å². The first-order chi connectivity index (χ1) is 15.4. The Morgan fingerprint density at radius 1 is 1.22 bits per heavy atom. The van der Waals surface area contributed by atoms with E-state index in [4.69, 9.17) is 4.74 Å². The van der Waals surface area contributed by atoms with Gasteiger partial charge in [0.15, 0.2) is 18.1 Å². The van der Waals surface area contributed by atoms with E-state index in [1.165, 1.54) is 18.5 Å². The molecule has 1 aliphatic heterocycles. The zero-order valence-corrected chi connectivity index (χ0v) is 17.8. The van der Waals surface area contributed by atoms with Crippen molar-refractivity contribution in [3.63, 3.8) is 0 Å². The van der Waals surface area contributed by atoms with Gasteiger partial charge in [-0.2, -0.15) is 8.78 Å². The normalized spacial score (nSPS) is 16.2. The van der Waals surface area contributed by atoms with Crippen LogP contribution in [0.1, 0.15) is 12.0 Å². The molecule has 3 aromatic rings. The first kappa shape index (κ1) is 21.8. The van der Waals surface area contributed by atoms with Crippen molar-refractivity contribution in [2.24, 2.45) is 0 Å². The minimum absolute atomic E-state index is 0.0310. The Kier molecular flexibility index (Phi) is 6.35. The van der Waals surface area contributed by atoms with E-state index in [0.717, 1.165) is 23.9 Å². The number of alkyl halides is 2. The maximum atomic E-state index is 12.8. The number of likely N-dealkylation sites (N-methyl/N-ethyl adjacent to an activating group) is 1. The van der Waals surface area contributed by atoms with Crippen LogP contribution in [-0.2, 0) is 11.3 Å². The van der Waals surface area contributed by atoms with Crippen molar-refractivity contribution >= 4 is 28.4 Å². The lowest BCUT2D eigenvalue weighted by Gasteiger charge is -2.22. The molecule has 0 saturated carbocycles. The summed E-state index contributed by atoms with van der Waals surface area (Å²) >= 11 is 0. The summed E-state index contributed by atoms with van der Waals surface area (Å²) in [5, 5.41) is 4.04. The number of hydrogen-bond donors (Lipinski definition) is 2. The average Bonchev–Trinajstić information content (AvgIpc) is 3.16. The third-order valence-corrected chi connectivity index (χ3v) is 5.22.